The average molecular weight is 454 g/mol. The van der Waals surface area contributed by atoms with E-state index in [0.717, 1.165) is 0 Å². The van der Waals surface area contributed by atoms with Crippen molar-refractivity contribution in [2.24, 2.45) is 0 Å². The number of carbonyl (C=O) groups is 4. The molecule has 2 unspecified atom stereocenters. The molecule has 0 aliphatic heterocycles. The Morgan fingerprint density at radius 2 is 1.03 bits per heavy atom. The number of amides is 2. The van der Waals surface area contributed by atoms with Gasteiger partial charge in [-0.3, -0.25) is 19.2 Å². The number of aliphatic carboxylic acids is 2. The van der Waals surface area contributed by atoms with Gasteiger partial charge in [0.2, 0.25) is 11.8 Å². The topological polar surface area (TPSA) is 197 Å². The highest BCUT2D eigenvalue weighted by Gasteiger charge is 2.21. The zero-order valence-electron chi connectivity index (χ0n) is 17.5. The SMILES string of the molecule is O=C(CC(NCCCO)C(=O)O)Nc1ccc(NC(=O)CC(NCCCO)C(=O)O)cc1. The highest BCUT2D eigenvalue weighted by molar-refractivity contribution is 5.96. The van der Waals surface area contributed by atoms with Gasteiger partial charge in [0.1, 0.15) is 12.1 Å². The third kappa shape index (κ3) is 10.8. The fraction of sp³-hybridized carbons (Fsp3) is 0.500. The number of carboxylic acids is 2. The van der Waals surface area contributed by atoms with Crippen LogP contribution >= 0.6 is 0 Å². The molecule has 0 aliphatic carbocycles. The zero-order valence-corrected chi connectivity index (χ0v) is 17.5. The van der Waals surface area contributed by atoms with Crippen LogP contribution in [0.1, 0.15) is 25.7 Å². The molecule has 0 aromatic heterocycles. The highest BCUT2D eigenvalue weighted by Crippen LogP contribution is 2.14. The normalized spacial score (nSPS) is 12.6. The first-order valence-electron chi connectivity index (χ1n) is 10.1. The molecule has 1 aromatic rings. The molecule has 12 nitrogen and oxygen atoms in total. The Balaban J connectivity index is 2.55. The summed E-state index contributed by atoms with van der Waals surface area (Å²) in [5.41, 5.74) is 0.781. The van der Waals surface area contributed by atoms with Crippen molar-refractivity contribution in [2.45, 2.75) is 37.8 Å². The number of rotatable bonds is 16. The summed E-state index contributed by atoms with van der Waals surface area (Å²) < 4.78 is 0. The summed E-state index contributed by atoms with van der Waals surface area (Å²) >= 11 is 0. The van der Waals surface area contributed by atoms with Crippen molar-refractivity contribution in [1.29, 1.82) is 0 Å². The van der Waals surface area contributed by atoms with Gasteiger partial charge in [0.05, 0.1) is 12.8 Å². The van der Waals surface area contributed by atoms with Crippen LogP contribution < -0.4 is 21.3 Å². The molecule has 178 valence electrons. The second-order valence-electron chi connectivity index (χ2n) is 6.93. The minimum atomic E-state index is -1.18. The zero-order chi connectivity index (χ0) is 23.9. The van der Waals surface area contributed by atoms with Gasteiger partial charge in [-0.1, -0.05) is 0 Å². The smallest absolute Gasteiger partial charge is 0.321 e. The number of hydrogen-bond acceptors (Lipinski definition) is 8. The molecular formula is C20H30N4O8. The third-order valence-electron chi connectivity index (χ3n) is 4.28. The molecule has 0 radical (unpaired) electrons. The van der Waals surface area contributed by atoms with Crippen LogP contribution in [0, 0.1) is 0 Å². The van der Waals surface area contributed by atoms with E-state index < -0.39 is 35.8 Å². The van der Waals surface area contributed by atoms with Crippen molar-refractivity contribution < 1.29 is 39.6 Å². The summed E-state index contributed by atoms with van der Waals surface area (Å²) in [5.74, 6) is -3.41. The highest BCUT2D eigenvalue weighted by atomic mass is 16.4. The van der Waals surface area contributed by atoms with Crippen LogP contribution in [0.25, 0.3) is 0 Å². The molecule has 0 saturated carbocycles. The van der Waals surface area contributed by atoms with Gasteiger partial charge in [-0.25, -0.2) is 0 Å². The number of benzene rings is 1. The summed E-state index contributed by atoms with van der Waals surface area (Å²) in [5, 5.41) is 46.3. The maximum absolute atomic E-state index is 12.1. The van der Waals surface area contributed by atoms with E-state index in [0.29, 0.717) is 24.2 Å². The Labute approximate surface area is 185 Å². The van der Waals surface area contributed by atoms with E-state index in [2.05, 4.69) is 21.3 Å². The lowest BCUT2D eigenvalue weighted by molar-refractivity contribution is -0.141. The van der Waals surface area contributed by atoms with Crippen LogP contribution in [-0.4, -0.2) is 82.6 Å². The monoisotopic (exact) mass is 454 g/mol. The van der Waals surface area contributed by atoms with Crippen LogP contribution in [0.4, 0.5) is 11.4 Å². The number of carboxylic acid groups (broad SMARTS) is 2. The number of carbonyl (C=O) groups excluding carboxylic acids is 2. The second-order valence-corrected chi connectivity index (χ2v) is 6.93. The van der Waals surface area contributed by atoms with E-state index in [1.165, 1.54) is 24.3 Å². The number of aliphatic hydroxyl groups excluding tert-OH is 2. The Kier molecular flexibility index (Phi) is 12.5. The minimum absolute atomic E-state index is 0.0917. The molecular weight excluding hydrogens is 424 g/mol. The number of hydrogen-bond donors (Lipinski definition) is 8. The Morgan fingerprint density at radius 3 is 1.31 bits per heavy atom. The Morgan fingerprint density at radius 1 is 0.688 bits per heavy atom. The summed E-state index contributed by atoms with van der Waals surface area (Å²) in [6.07, 6.45) is 0.118. The fourth-order valence-electron chi connectivity index (χ4n) is 2.64. The average Bonchev–Trinajstić information content (AvgIpc) is 2.73. The van der Waals surface area contributed by atoms with Crippen molar-refractivity contribution in [3.8, 4) is 0 Å². The van der Waals surface area contributed by atoms with E-state index in [-0.39, 0.29) is 39.1 Å². The largest absolute Gasteiger partial charge is 0.480 e. The number of aliphatic hydroxyl groups is 2. The summed E-state index contributed by atoms with van der Waals surface area (Å²) in [6, 6.07) is 3.86. The summed E-state index contributed by atoms with van der Waals surface area (Å²) in [7, 11) is 0. The first kappa shape index (κ1) is 27.0. The molecule has 12 heteroatoms. The van der Waals surface area contributed by atoms with E-state index in [9.17, 15) is 19.2 Å². The van der Waals surface area contributed by atoms with Crippen molar-refractivity contribution in [3.05, 3.63) is 24.3 Å². The summed E-state index contributed by atoms with van der Waals surface area (Å²) in [4.78, 5) is 46.7. The fourth-order valence-corrected chi connectivity index (χ4v) is 2.64. The van der Waals surface area contributed by atoms with Crippen LogP contribution in [0.15, 0.2) is 24.3 Å². The summed E-state index contributed by atoms with van der Waals surface area (Å²) in [6.45, 7) is 0.334. The first-order chi connectivity index (χ1) is 15.3. The van der Waals surface area contributed by atoms with Gasteiger partial charge < -0.3 is 41.7 Å². The van der Waals surface area contributed by atoms with E-state index in [1.807, 2.05) is 0 Å². The standard InChI is InChI=1S/C20H30N4O8/c25-9-1-7-21-15(19(29)30)11-17(27)23-13-3-5-14(6-4-13)24-18(28)12-16(20(31)32)22-8-2-10-26/h3-6,15-16,21-22,25-26H,1-2,7-12H2,(H,23,27)(H,24,28)(H,29,30)(H,31,32). The van der Waals surface area contributed by atoms with Gasteiger partial charge in [-0.15, -0.1) is 0 Å². The van der Waals surface area contributed by atoms with Gasteiger partial charge in [-0.05, 0) is 50.2 Å². The van der Waals surface area contributed by atoms with Crippen molar-refractivity contribution in [2.75, 3.05) is 36.9 Å². The van der Waals surface area contributed by atoms with E-state index >= 15 is 0 Å². The van der Waals surface area contributed by atoms with Gasteiger partial charge in [0.25, 0.3) is 0 Å². The molecule has 0 aliphatic rings. The lowest BCUT2D eigenvalue weighted by atomic mass is 10.1. The van der Waals surface area contributed by atoms with Crippen molar-refractivity contribution in [1.82, 2.24) is 10.6 Å². The Hall–Kier alpha value is -3.06. The quantitative estimate of drug-likeness (QED) is 0.146. The first-order valence-corrected chi connectivity index (χ1v) is 10.1. The van der Waals surface area contributed by atoms with Crippen LogP contribution in [0.3, 0.4) is 0 Å². The number of nitrogens with one attached hydrogen (secondary N) is 4. The second kappa shape index (κ2) is 14.9. The molecule has 0 bridgehead atoms. The minimum Gasteiger partial charge on any atom is -0.480 e. The van der Waals surface area contributed by atoms with Gasteiger partial charge in [0, 0.05) is 24.6 Å². The van der Waals surface area contributed by atoms with Crippen LogP contribution in [0.5, 0.6) is 0 Å². The molecule has 1 aromatic carbocycles. The molecule has 2 amide bonds. The van der Waals surface area contributed by atoms with E-state index in [1.54, 1.807) is 0 Å². The molecule has 0 heterocycles. The Bertz CT molecular complexity index is 693. The molecule has 0 fully saturated rings. The predicted octanol–water partition coefficient (Wildman–Crippen LogP) is -0.806. The molecule has 8 N–H and O–H groups in total. The lowest BCUT2D eigenvalue weighted by Crippen LogP contribution is -2.40. The molecule has 2 atom stereocenters. The maximum atomic E-state index is 12.1. The van der Waals surface area contributed by atoms with Crippen LogP contribution in [-0.2, 0) is 19.2 Å². The molecule has 32 heavy (non-hydrogen) atoms. The van der Waals surface area contributed by atoms with Crippen molar-refractivity contribution in [3.63, 3.8) is 0 Å². The molecule has 1 rings (SSSR count). The van der Waals surface area contributed by atoms with Crippen LogP contribution in [0.2, 0.25) is 0 Å². The third-order valence-corrected chi connectivity index (χ3v) is 4.28. The predicted molar refractivity (Wildman–Crippen MR) is 115 cm³/mol. The number of anilines is 2. The van der Waals surface area contributed by atoms with Crippen molar-refractivity contribution >= 4 is 35.1 Å². The van der Waals surface area contributed by atoms with Gasteiger partial charge in [0.15, 0.2) is 0 Å². The molecule has 0 spiro atoms. The van der Waals surface area contributed by atoms with E-state index in [4.69, 9.17) is 20.4 Å². The maximum Gasteiger partial charge on any atom is 0.321 e. The van der Waals surface area contributed by atoms with Gasteiger partial charge >= 0.3 is 11.9 Å². The lowest BCUT2D eigenvalue weighted by Gasteiger charge is -2.15. The van der Waals surface area contributed by atoms with Gasteiger partial charge in [-0.2, -0.15) is 0 Å². The molecule has 0 saturated heterocycles.